The molecule has 8 heteroatoms. The Kier molecular flexibility index (Phi) is 5.21. The maximum atomic E-state index is 14.0. The number of β-amino-alcohol motifs (C(OH)–C–C–N with tert-alkyl or cyclic N) is 1. The molecule has 0 saturated carbocycles. The first-order chi connectivity index (χ1) is 14.9. The smallest absolute Gasteiger partial charge is 0.261 e. The van der Waals surface area contributed by atoms with E-state index in [0.717, 1.165) is 30.1 Å². The van der Waals surface area contributed by atoms with E-state index in [1.54, 1.807) is 12.1 Å². The monoisotopic (exact) mass is 458 g/mol. The zero-order valence-corrected chi connectivity index (χ0v) is 18.8. The summed E-state index contributed by atoms with van der Waals surface area (Å²) in [5.41, 5.74) is 2.96. The molecule has 1 spiro atoms. The second kappa shape index (κ2) is 7.78. The number of nitrogens with zero attached hydrogens (tertiary/aromatic N) is 4. The van der Waals surface area contributed by atoms with E-state index in [0.29, 0.717) is 35.2 Å². The Morgan fingerprint density at radius 2 is 1.87 bits per heavy atom. The van der Waals surface area contributed by atoms with Gasteiger partial charge in [-0.2, -0.15) is 10.1 Å². The third-order valence-electron chi connectivity index (χ3n) is 6.82. The minimum atomic E-state index is -0.769. The molecule has 1 saturated heterocycles. The molecule has 0 radical (unpaired) electrons. The molecule has 1 N–H and O–H groups in total. The Bertz CT molecular complexity index is 1060. The first kappa shape index (κ1) is 20.8. The highest BCUT2D eigenvalue weighted by molar-refractivity contribution is 6.31. The van der Waals surface area contributed by atoms with Gasteiger partial charge in [-0.1, -0.05) is 29.3 Å². The van der Waals surface area contributed by atoms with Gasteiger partial charge in [-0.25, -0.2) is 0 Å². The number of carbonyl (C=O) groups is 1. The molecule has 0 bridgehead atoms. The lowest BCUT2D eigenvalue weighted by molar-refractivity contribution is -0.125. The van der Waals surface area contributed by atoms with Gasteiger partial charge >= 0.3 is 0 Å². The summed E-state index contributed by atoms with van der Waals surface area (Å²) < 4.78 is 0. The summed E-state index contributed by atoms with van der Waals surface area (Å²) in [5.74, 6) is -0.0197. The van der Waals surface area contributed by atoms with Gasteiger partial charge in [0.25, 0.3) is 5.91 Å². The molecular weight excluding hydrogens is 435 g/mol. The van der Waals surface area contributed by atoms with Crippen LogP contribution < -0.4 is 9.91 Å². The van der Waals surface area contributed by atoms with Crippen LogP contribution in [-0.4, -0.2) is 60.5 Å². The zero-order valence-electron chi connectivity index (χ0n) is 17.3. The number of fused-ring (bicyclic) bond motifs is 4. The second-order valence-corrected chi connectivity index (χ2v) is 9.31. The van der Waals surface area contributed by atoms with Crippen LogP contribution in [0.5, 0.6) is 0 Å². The molecule has 2 atom stereocenters. The number of aliphatic hydroxyl groups excluding tert-OH is 1. The molecule has 1 fully saturated rings. The number of hydrogen-bond acceptors (Lipinski definition) is 5. The van der Waals surface area contributed by atoms with Crippen molar-refractivity contribution in [1.82, 2.24) is 4.90 Å². The van der Waals surface area contributed by atoms with Crippen LogP contribution in [-0.2, 0) is 11.2 Å². The van der Waals surface area contributed by atoms with Crippen molar-refractivity contribution in [3.63, 3.8) is 0 Å². The lowest BCUT2D eigenvalue weighted by atomic mass is 9.67. The van der Waals surface area contributed by atoms with Gasteiger partial charge in [0, 0.05) is 41.9 Å². The Labute approximate surface area is 191 Å². The number of amides is 1. The van der Waals surface area contributed by atoms with Gasteiger partial charge in [0.2, 0.25) is 0 Å². The molecule has 6 nitrogen and oxygen atoms in total. The van der Waals surface area contributed by atoms with Gasteiger partial charge in [-0.05, 0) is 55.3 Å². The van der Waals surface area contributed by atoms with E-state index >= 15 is 0 Å². The summed E-state index contributed by atoms with van der Waals surface area (Å²) in [6.07, 6.45) is 0.575. The molecule has 5 rings (SSSR count). The van der Waals surface area contributed by atoms with Crippen molar-refractivity contribution >= 4 is 46.2 Å². The Morgan fingerprint density at radius 3 is 2.61 bits per heavy atom. The summed E-state index contributed by atoms with van der Waals surface area (Å²) in [5, 5.41) is 17.1. The Morgan fingerprint density at radius 1 is 1.13 bits per heavy atom. The lowest BCUT2D eigenvalue weighted by Crippen LogP contribution is -2.67. The van der Waals surface area contributed by atoms with Crippen LogP contribution in [0.4, 0.5) is 11.4 Å². The molecule has 0 aromatic heterocycles. The van der Waals surface area contributed by atoms with Crippen molar-refractivity contribution in [2.45, 2.75) is 19.4 Å². The number of anilines is 2. The van der Waals surface area contributed by atoms with Crippen LogP contribution in [0.1, 0.15) is 12.5 Å². The summed E-state index contributed by atoms with van der Waals surface area (Å²) in [6, 6.07) is 13.0. The SMILES string of the molecule is CC1=NN(c2ccc(Cl)cc2)C(=O)[C@@]12Cc1ccc(Cl)cc1N1CCN(CCO)C[C@H]12. The molecule has 31 heavy (non-hydrogen) atoms. The summed E-state index contributed by atoms with van der Waals surface area (Å²) >= 11 is 12.4. The molecule has 162 valence electrons. The average molecular weight is 459 g/mol. The fraction of sp³-hybridized carbons (Fsp3) is 0.391. The first-order valence-electron chi connectivity index (χ1n) is 10.5. The molecule has 3 aliphatic rings. The van der Waals surface area contributed by atoms with Crippen LogP contribution in [0.3, 0.4) is 0 Å². The third-order valence-corrected chi connectivity index (χ3v) is 7.30. The molecule has 3 aliphatic heterocycles. The highest BCUT2D eigenvalue weighted by Crippen LogP contribution is 2.48. The average Bonchev–Trinajstić information content (AvgIpc) is 3.01. The van der Waals surface area contributed by atoms with Gasteiger partial charge in [0.05, 0.1) is 24.0 Å². The van der Waals surface area contributed by atoms with Crippen molar-refractivity contribution in [2.24, 2.45) is 10.5 Å². The number of halogens is 2. The van der Waals surface area contributed by atoms with Crippen molar-refractivity contribution in [1.29, 1.82) is 0 Å². The van der Waals surface area contributed by atoms with E-state index in [-0.39, 0.29) is 18.6 Å². The molecule has 0 aliphatic carbocycles. The maximum Gasteiger partial charge on any atom is 0.261 e. The van der Waals surface area contributed by atoms with Gasteiger partial charge in [0.1, 0.15) is 5.41 Å². The normalized spacial score (nSPS) is 25.6. The fourth-order valence-corrected chi connectivity index (χ4v) is 5.53. The number of benzene rings is 2. The largest absolute Gasteiger partial charge is 0.395 e. The quantitative estimate of drug-likeness (QED) is 0.764. The van der Waals surface area contributed by atoms with E-state index in [1.165, 1.54) is 5.01 Å². The van der Waals surface area contributed by atoms with Crippen LogP contribution in [0.2, 0.25) is 10.0 Å². The highest BCUT2D eigenvalue weighted by atomic mass is 35.5. The highest BCUT2D eigenvalue weighted by Gasteiger charge is 2.59. The van der Waals surface area contributed by atoms with Crippen molar-refractivity contribution in [3.8, 4) is 0 Å². The third kappa shape index (κ3) is 3.24. The van der Waals surface area contributed by atoms with Gasteiger partial charge < -0.3 is 10.0 Å². The lowest BCUT2D eigenvalue weighted by Gasteiger charge is -2.53. The minimum absolute atomic E-state index is 0.0197. The van der Waals surface area contributed by atoms with Crippen LogP contribution in [0.25, 0.3) is 0 Å². The summed E-state index contributed by atoms with van der Waals surface area (Å²) in [6.45, 7) is 4.91. The number of rotatable bonds is 3. The summed E-state index contributed by atoms with van der Waals surface area (Å²) in [7, 11) is 0. The molecule has 2 aromatic carbocycles. The number of aliphatic hydroxyl groups is 1. The molecule has 0 unspecified atom stereocenters. The zero-order chi connectivity index (χ0) is 21.8. The predicted octanol–water partition coefficient (Wildman–Crippen LogP) is 3.44. The number of piperazine rings is 1. The number of hydrazone groups is 1. The standard InChI is InChI=1S/C23H24Cl2N4O2/c1-15-23(22(31)29(26-15)19-6-4-17(24)5-7-19)13-16-2-3-18(25)12-20(16)28-9-8-27(10-11-30)14-21(23)28/h2-7,12,21,30H,8-11,13-14H2,1H3/t21-,23-/m0/s1. The predicted molar refractivity (Wildman–Crippen MR) is 124 cm³/mol. The van der Waals surface area contributed by atoms with Crippen molar-refractivity contribution < 1.29 is 9.90 Å². The first-order valence-corrected chi connectivity index (χ1v) is 11.2. The van der Waals surface area contributed by atoms with E-state index in [4.69, 9.17) is 28.3 Å². The molecular formula is C23H24Cl2N4O2. The van der Waals surface area contributed by atoms with E-state index in [2.05, 4.69) is 9.80 Å². The van der Waals surface area contributed by atoms with Gasteiger partial charge in [-0.15, -0.1) is 0 Å². The Balaban J connectivity index is 1.60. The maximum absolute atomic E-state index is 14.0. The van der Waals surface area contributed by atoms with Crippen molar-refractivity contribution in [3.05, 3.63) is 58.1 Å². The molecule has 1 amide bonds. The topological polar surface area (TPSA) is 59.4 Å². The Hall–Kier alpha value is -2.12. The fourth-order valence-electron chi connectivity index (χ4n) is 5.24. The van der Waals surface area contributed by atoms with Gasteiger partial charge in [-0.3, -0.25) is 9.69 Å². The summed E-state index contributed by atoms with van der Waals surface area (Å²) in [4.78, 5) is 18.6. The van der Waals surface area contributed by atoms with Crippen LogP contribution >= 0.6 is 23.2 Å². The van der Waals surface area contributed by atoms with Gasteiger partial charge in [0.15, 0.2) is 0 Å². The van der Waals surface area contributed by atoms with E-state index in [1.807, 2.05) is 37.3 Å². The van der Waals surface area contributed by atoms with Crippen LogP contribution in [0, 0.1) is 5.41 Å². The minimum Gasteiger partial charge on any atom is -0.395 e. The number of carbonyl (C=O) groups excluding carboxylic acids is 1. The van der Waals surface area contributed by atoms with E-state index < -0.39 is 5.41 Å². The molecule has 3 heterocycles. The number of hydrogen-bond donors (Lipinski definition) is 1. The van der Waals surface area contributed by atoms with Crippen molar-refractivity contribution in [2.75, 3.05) is 42.7 Å². The van der Waals surface area contributed by atoms with Crippen LogP contribution in [0.15, 0.2) is 47.6 Å². The second-order valence-electron chi connectivity index (χ2n) is 8.43. The van der Waals surface area contributed by atoms with E-state index in [9.17, 15) is 9.90 Å². The molecule has 2 aromatic rings.